The molecule has 0 atom stereocenters. The maximum Gasteiger partial charge on any atom is 0.315 e. The number of amides is 1. The summed E-state index contributed by atoms with van der Waals surface area (Å²) in [5, 5.41) is 13.5. The Hall–Kier alpha value is -2.31. The molecule has 0 fully saturated rings. The van der Waals surface area contributed by atoms with Crippen LogP contribution in [0.2, 0.25) is 0 Å². The summed E-state index contributed by atoms with van der Waals surface area (Å²) >= 11 is 0. The minimum Gasteiger partial charge on any atom is -0.493 e. The number of carbonyl (C=O) groups excluding carboxylic acids is 1. The molecule has 0 saturated carbocycles. The third-order valence-corrected chi connectivity index (χ3v) is 2.26. The van der Waals surface area contributed by atoms with Crippen LogP contribution in [0, 0.1) is 10.1 Å². The van der Waals surface area contributed by atoms with Crippen molar-refractivity contribution in [1.29, 1.82) is 0 Å². The molecule has 7 heteroatoms. The molecule has 18 heavy (non-hydrogen) atoms. The van der Waals surface area contributed by atoms with E-state index in [9.17, 15) is 14.9 Å². The van der Waals surface area contributed by atoms with Gasteiger partial charge in [0, 0.05) is 12.6 Å². The second-order valence-corrected chi connectivity index (χ2v) is 3.35. The summed E-state index contributed by atoms with van der Waals surface area (Å²) in [7, 11) is 2.65. The lowest BCUT2D eigenvalue weighted by Crippen LogP contribution is -2.22. The van der Waals surface area contributed by atoms with Crippen molar-refractivity contribution in [3.05, 3.63) is 27.8 Å². The summed E-state index contributed by atoms with van der Waals surface area (Å²) in [4.78, 5) is 22.0. The van der Waals surface area contributed by atoms with Crippen LogP contribution in [-0.4, -0.2) is 31.6 Å². The Morgan fingerprint density at radius 3 is 2.50 bits per heavy atom. The van der Waals surface area contributed by atoms with Crippen molar-refractivity contribution in [2.75, 3.05) is 20.8 Å². The summed E-state index contributed by atoms with van der Waals surface area (Å²) in [5.74, 6) is -0.259. The van der Waals surface area contributed by atoms with Crippen LogP contribution in [0.4, 0.5) is 5.69 Å². The molecule has 1 aromatic rings. The van der Waals surface area contributed by atoms with E-state index in [4.69, 9.17) is 9.47 Å². The average Bonchev–Trinajstić information content (AvgIpc) is 2.37. The molecular formula is C11H14N2O5. The first-order valence-electron chi connectivity index (χ1n) is 5.23. The number of nitro benzene ring substituents is 1. The van der Waals surface area contributed by atoms with Crippen molar-refractivity contribution in [3.63, 3.8) is 0 Å². The van der Waals surface area contributed by atoms with Crippen molar-refractivity contribution in [2.45, 2.75) is 6.92 Å². The minimum absolute atomic E-state index is 0.00412. The SMILES string of the molecule is CCNC(=O)c1cc(OC)c(OC)c([N+](=O)[O-])c1. The standard InChI is InChI=1S/C11H14N2O5/c1-4-12-11(14)7-5-8(13(15)16)10(18-3)9(6-7)17-2/h5-6H,4H2,1-3H3,(H,12,14). The Morgan fingerprint density at radius 1 is 1.39 bits per heavy atom. The molecule has 0 aliphatic carbocycles. The van der Waals surface area contributed by atoms with Gasteiger partial charge >= 0.3 is 5.69 Å². The Labute approximate surface area is 104 Å². The largest absolute Gasteiger partial charge is 0.493 e. The van der Waals surface area contributed by atoms with Crippen LogP contribution in [0.25, 0.3) is 0 Å². The fraction of sp³-hybridized carbons (Fsp3) is 0.364. The van der Waals surface area contributed by atoms with Crippen LogP contribution in [0.1, 0.15) is 17.3 Å². The monoisotopic (exact) mass is 254 g/mol. The first kappa shape index (κ1) is 13.8. The molecule has 1 N–H and O–H groups in total. The van der Waals surface area contributed by atoms with Gasteiger partial charge in [0.15, 0.2) is 5.75 Å². The second kappa shape index (κ2) is 5.85. The van der Waals surface area contributed by atoms with E-state index in [2.05, 4.69) is 5.32 Å². The van der Waals surface area contributed by atoms with Gasteiger partial charge in [0.25, 0.3) is 5.91 Å². The van der Waals surface area contributed by atoms with Crippen LogP contribution >= 0.6 is 0 Å². The number of carbonyl (C=O) groups is 1. The quantitative estimate of drug-likeness (QED) is 0.632. The minimum atomic E-state index is -0.621. The van der Waals surface area contributed by atoms with Crippen LogP contribution in [0.15, 0.2) is 12.1 Å². The van der Waals surface area contributed by atoms with Gasteiger partial charge < -0.3 is 14.8 Å². The highest BCUT2D eigenvalue weighted by Crippen LogP contribution is 2.37. The maximum atomic E-state index is 11.7. The molecule has 0 aliphatic rings. The van der Waals surface area contributed by atoms with Gasteiger partial charge in [-0.25, -0.2) is 0 Å². The summed E-state index contributed by atoms with van der Waals surface area (Å²) in [6.07, 6.45) is 0. The summed E-state index contributed by atoms with van der Waals surface area (Å²) in [6.45, 7) is 2.19. The fourth-order valence-electron chi connectivity index (χ4n) is 1.47. The van der Waals surface area contributed by atoms with E-state index in [1.165, 1.54) is 20.3 Å². The zero-order chi connectivity index (χ0) is 13.7. The zero-order valence-corrected chi connectivity index (χ0v) is 10.4. The predicted molar refractivity (Wildman–Crippen MR) is 64.2 cm³/mol. The number of nitrogens with zero attached hydrogens (tertiary/aromatic N) is 1. The smallest absolute Gasteiger partial charge is 0.315 e. The first-order chi connectivity index (χ1) is 8.54. The molecule has 1 rings (SSSR count). The predicted octanol–water partition coefficient (Wildman–Crippen LogP) is 1.36. The molecule has 0 saturated heterocycles. The number of benzene rings is 1. The highest BCUT2D eigenvalue weighted by atomic mass is 16.6. The molecular weight excluding hydrogens is 240 g/mol. The Kier molecular flexibility index (Phi) is 4.47. The van der Waals surface area contributed by atoms with Gasteiger partial charge in [-0.1, -0.05) is 0 Å². The van der Waals surface area contributed by atoms with Crippen molar-refractivity contribution >= 4 is 11.6 Å². The molecule has 7 nitrogen and oxygen atoms in total. The fourth-order valence-corrected chi connectivity index (χ4v) is 1.47. The lowest BCUT2D eigenvalue weighted by molar-refractivity contribution is -0.385. The van der Waals surface area contributed by atoms with Gasteiger partial charge in [0.2, 0.25) is 5.75 Å². The van der Waals surface area contributed by atoms with E-state index < -0.39 is 10.8 Å². The molecule has 0 radical (unpaired) electrons. The van der Waals surface area contributed by atoms with Crippen LogP contribution in [0.5, 0.6) is 11.5 Å². The van der Waals surface area contributed by atoms with Gasteiger partial charge in [-0.2, -0.15) is 0 Å². The third-order valence-electron chi connectivity index (χ3n) is 2.26. The van der Waals surface area contributed by atoms with Crippen molar-refractivity contribution in [1.82, 2.24) is 5.32 Å². The number of ether oxygens (including phenoxy) is 2. The average molecular weight is 254 g/mol. The van der Waals surface area contributed by atoms with E-state index in [0.29, 0.717) is 6.54 Å². The number of hydrogen-bond donors (Lipinski definition) is 1. The van der Waals surface area contributed by atoms with E-state index in [1.54, 1.807) is 6.92 Å². The topological polar surface area (TPSA) is 90.7 Å². The lowest BCUT2D eigenvalue weighted by Gasteiger charge is -2.10. The Morgan fingerprint density at radius 2 is 2.06 bits per heavy atom. The molecule has 1 aromatic carbocycles. The van der Waals surface area contributed by atoms with Crippen LogP contribution < -0.4 is 14.8 Å². The summed E-state index contributed by atoms with van der Waals surface area (Å²) in [6, 6.07) is 2.56. The number of methoxy groups -OCH3 is 2. The van der Waals surface area contributed by atoms with E-state index in [1.807, 2.05) is 0 Å². The molecule has 98 valence electrons. The summed E-state index contributed by atoms with van der Waals surface area (Å²) in [5.41, 5.74) is -0.153. The number of rotatable bonds is 5. The molecule has 0 aliphatic heterocycles. The molecule has 0 spiro atoms. The molecule has 0 heterocycles. The number of nitro groups is 1. The number of hydrogen-bond acceptors (Lipinski definition) is 5. The maximum absolute atomic E-state index is 11.7. The van der Waals surface area contributed by atoms with E-state index in [-0.39, 0.29) is 22.7 Å². The van der Waals surface area contributed by atoms with Gasteiger partial charge in [0.1, 0.15) is 0 Å². The van der Waals surface area contributed by atoms with E-state index in [0.717, 1.165) is 6.07 Å². The molecule has 0 aromatic heterocycles. The van der Waals surface area contributed by atoms with Crippen molar-refractivity contribution in [3.8, 4) is 11.5 Å². The van der Waals surface area contributed by atoms with E-state index >= 15 is 0 Å². The second-order valence-electron chi connectivity index (χ2n) is 3.35. The number of nitrogens with one attached hydrogen (secondary N) is 1. The van der Waals surface area contributed by atoms with Crippen LogP contribution in [-0.2, 0) is 0 Å². The Balaban J connectivity index is 3.36. The summed E-state index contributed by atoms with van der Waals surface area (Å²) < 4.78 is 9.91. The lowest BCUT2D eigenvalue weighted by atomic mass is 10.1. The third kappa shape index (κ3) is 2.68. The first-order valence-corrected chi connectivity index (χ1v) is 5.23. The highest BCUT2D eigenvalue weighted by molar-refractivity contribution is 5.96. The van der Waals surface area contributed by atoms with Gasteiger partial charge in [-0.05, 0) is 13.0 Å². The van der Waals surface area contributed by atoms with Crippen molar-refractivity contribution in [2.24, 2.45) is 0 Å². The molecule has 0 bridgehead atoms. The van der Waals surface area contributed by atoms with Gasteiger partial charge in [-0.15, -0.1) is 0 Å². The molecule has 1 amide bonds. The Bertz CT molecular complexity index is 473. The van der Waals surface area contributed by atoms with Gasteiger partial charge in [0.05, 0.1) is 24.7 Å². The van der Waals surface area contributed by atoms with Crippen LogP contribution in [0.3, 0.4) is 0 Å². The normalized spacial score (nSPS) is 9.72. The molecule has 0 unspecified atom stereocenters. The van der Waals surface area contributed by atoms with Crippen molar-refractivity contribution < 1.29 is 19.2 Å². The highest BCUT2D eigenvalue weighted by Gasteiger charge is 2.23. The van der Waals surface area contributed by atoms with Gasteiger partial charge in [-0.3, -0.25) is 14.9 Å². The zero-order valence-electron chi connectivity index (χ0n) is 10.4.